The van der Waals surface area contributed by atoms with Gasteiger partial charge in [0, 0.05) is 10.9 Å². The van der Waals surface area contributed by atoms with Crippen molar-refractivity contribution < 1.29 is 24.3 Å². The number of phenolic OH excluding ortho intramolecular Hbond substituents is 1. The van der Waals surface area contributed by atoms with E-state index in [0.29, 0.717) is 23.2 Å². The third-order valence-corrected chi connectivity index (χ3v) is 11.3. The molecule has 2 saturated heterocycles. The first-order chi connectivity index (χ1) is 23.7. The molecule has 9 heteroatoms. The van der Waals surface area contributed by atoms with E-state index >= 15 is 4.79 Å². The second-order valence-electron chi connectivity index (χ2n) is 13.5. The van der Waals surface area contributed by atoms with Gasteiger partial charge in [-0.15, -0.1) is 0 Å². The Labute approximate surface area is 289 Å². The van der Waals surface area contributed by atoms with Gasteiger partial charge in [-0.05, 0) is 66.6 Å². The van der Waals surface area contributed by atoms with Crippen molar-refractivity contribution in [3.05, 3.63) is 142 Å². The number of carbonyl (C=O) groups is 4. The van der Waals surface area contributed by atoms with Gasteiger partial charge in [-0.3, -0.25) is 29.5 Å². The summed E-state index contributed by atoms with van der Waals surface area (Å²) in [5, 5.41) is 11.7. The number of fused-ring (bicyclic) bond motifs is 4. The summed E-state index contributed by atoms with van der Waals surface area (Å²) in [7, 11) is 0. The molecular weight excluding hydrogens is 638 g/mol. The number of nitrogens with zero attached hydrogens (tertiary/aromatic N) is 2. The third-order valence-electron chi connectivity index (χ3n) is 11.0. The zero-order valence-corrected chi connectivity index (χ0v) is 27.5. The number of aryl methyl sites for hydroxylation is 1. The molecule has 4 amide bonds. The van der Waals surface area contributed by atoms with Gasteiger partial charge in [-0.2, -0.15) is 5.01 Å². The number of likely N-dealkylation sites (tertiary alicyclic amines) is 1. The number of allylic oxidation sites excluding steroid dienone is 2. The number of imide groups is 2. The minimum Gasteiger partial charge on any atom is -0.508 e. The van der Waals surface area contributed by atoms with Gasteiger partial charge in [0.1, 0.15) is 5.75 Å². The van der Waals surface area contributed by atoms with Gasteiger partial charge in [0.2, 0.25) is 11.8 Å². The Morgan fingerprint density at radius 1 is 0.837 bits per heavy atom. The van der Waals surface area contributed by atoms with E-state index in [2.05, 4.69) is 5.43 Å². The number of carbonyl (C=O) groups excluding carboxylic acids is 4. The van der Waals surface area contributed by atoms with Crippen molar-refractivity contribution in [2.24, 2.45) is 23.7 Å². The van der Waals surface area contributed by atoms with Crippen molar-refractivity contribution in [1.82, 2.24) is 9.91 Å². The molecule has 3 fully saturated rings. The molecule has 0 aromatic heterocycles. The summed E-state index contributed by atoms with van der Waals surface area (Å²) >= 11 is 6.93. The third kappa shape index (κ3) is 4.72. The fraction of sp³-hybridized carbons (Fsp3) is 0.250. The van der Waals surface area contributed by atoms with Crippen molar-refractivity contribution in [3.63, 3.8) is 0 Å². The van der Waals surface area contributed by atoms with Crippen LogP contribution in [0.5, 0.6) is 5.75 Å². The zero-order chi connectivity index (χ0) is 34.0. The normalized spacial score (nSPS) is 27.5. The molecule has 8 nitrogen and oxygen atoms in total. The molecule has 8 rings (SSSR count). The smallest absolute Gasteiger partial charge is 0.260 e. The number of hydrogen-bond donors (Lipinski definition) is 2. The molecule has 0 spiro atoms. The highest BCUT2D eigenvalue weighted by molar-refractivity contribution is 6.31. The van der Waals surface area contributed by atoms with Crippen LogP contribution in [0.15, 0.2) is 115 Å². The van der Waals surface area contributed by atoms with E-state index in [0.717, 1.165) is 21.7 Å². The van der Waals surface area contributed by atoms with Gasteiger partial charge in [0.15, 0.2) is 0 Å². The maximum Gasteiger partial charge on any atom is 0.260 e. The maximum absolute atomic E-state index is 15.2. The van der Waals surface area contributed by atoms with Crippen LogP contribution < -0.4 is 5.43 Å². The molecule has 0 unspecified atom stereocenters. The van der Waals surface area contributed by atoms with Crippen LogP contribution in [0.4, 0.5) is 5.69 Å². The molecule has 2 N–H and O–H groups in total. The first kappa shape index (κ1) is 31.1. The lowest BCUT2D eigenvalue weighted by Crippen LogP contribution is -2.53. The Morgan fingerprint density at radius 2 is 1.53 bits per heavy atom. The monoisotopic (exact) mass is 671 g/mol. The van der Waals surface area contributed by atoms with Gasteiger partial charge in [0.05, 0.1) is 35.4 Å². The van der Waals surface area contributed by atoms with Crippen molar-refractivity contribution in [3.8, 4) is 5.75 Å². The Morgan fingerprint density at radius 3 is 2.22 bits per heavy atom. The SMILES string of the molecule is Cc1ccc(NN2C(=O)[C@@H]3C[C@@H]4C(=CC[C@@H]5C(=O)N(Cc6ccccc6)C(=O)[C@@H]54)[C@H](c4ccc(O)cc4Cl)[C@]3(c3ccccc3)C2=O)cc1. The van der Waals surface area contributed by atoms with Crippen LogP contribution in [0.3, 0.4) is 0 Å². The van der Waals surface area contributed by atoms with E-state index in [4.69, 9.17) is 11.6 Å². The van der Waals surface area contributed by atoms with Crippen LogP contribution in [0.2, 0.25) is 5.02 Å². The second-order valence-corrected chi connectivity index (χ2v) is 14.0. The molecule has 6 atom stereocenters. The molecule has 246 valence electrons. The number of phenols is 1. The van der Waals surface area contributed by atoms with E-state index in [9.17, 15) is 19.5 Å². The number of hydrazine groups is 1. The van der Waals surface area contributed by atoms with Crippen LogP contribution in [-0.2, 0) is 31.1 Å². The highest BCUT2D eigenvalue weighted by Gasteiger charge is 2.70. The van der Waals surface area contributed by atoms with Crippen molar-refractivity contribution >= 4 is 40.9 Å². The fourth-order valence-electron chi connectivity index (χ4n) is 8.83. The van der Waals surface area contributed by atoms with E-state index in [1.54, 1.807) is 6.07 Å². The summed E-state index contributed by atoms with van der Waals surface area (Å²) in [6.07, 6.45) is 2.52. The summed E-state index contributed by atoms with van der Waals surface area (Å²) in [4.78, 5) is 59.4. The molecular formula is C40H34ClN3O5. The Balaban J connectivity index is 1.30. The zero-order valence-electron chi connectivity index (χ0n) is 26.8. The second kappa shape index (κ2) is 11.7. The predicted octanol–water partition coefficient (Wildman–Crippen LogP) is 6.54. The highest BCUT2D eigenvalue weighted by Crippen LogP contribution is 2.64. The summed E-state index contributed by atoms with van der Waals surface area (Å²) < 4.78 is 0. The minimum absolute atomic E-state index is 0.0336. The van der Waals surface area contributed by atoms with E-state index in [1.165, 1.54) is 17.0 Å². The molecule has 4 aromatic rings. The molecule has 2 aliphatic carbocycles. The number of amides is 4. The molecule has 4 aliphatic rings. The average molecular weight is 672 g/mol. The number of hydrogen-bond acceptors (Lipinski definition) is 6. The molecule has 4 aromatic carbocycles. The maximum atomic E-state index is 15.2. The van der Waals surface area contributed by atoms with Crippen LogP contribution in [0.1, 0.15) is 41.0 Å². The van der Waals surface area contributed by atoms with Crippen LogP contribution in [0, 0.1) is 30.6 Å². The van der Waals surface area contributed by atoms with E-state index < -0.39 is 46.8 Å². The van der Waals surface area contributed by atoms with Crippen LogP contribution in [-0.4, -0.2) is 38.6 Å². The lowest BCUT2D eigenvalue weighted by atomic mass is 9.49. The van der Waals surface area contributed by atoms with Crippen molar-refractivity contribution in [1.29, 1.82) is 0 Å². The Bertz CT molecular complexity index is 2030. The van der Waals surface area contributed by atoms with Crippen molar-refractivity contribution in [2.75, 3.05) is 5.43 Å². The lowest BCUT2D eigenvalue weighted by molar-refractivity contribution is -0.142. The molecule has 2 heterocycles. The number of aromatic hydroxyl groups is 1. The topological polar surface area (TPSA) is 107 Å². The van der Waals surface area contributed by atoms with E-state index in [-0.39, 0.29) is 35.6 Å². The predicted molar refractivity (Wildman–Crippen MR) is 184 cm³/mol. The summed E-state index contributed by atoms with van der Waals surface area (Å²) in [6.45, 7) is 2.13. The molecule has 1 saturated carbocycles. The number of rotatable bonds is 6. The number of nitrogens with one attached hydrogen (secondary N) is 1. The van der Waals surface area contributed by atoms with Crippen LogP contribution >= 0.6 is 11.6 Å². The van der Waals surface area contributed by atoms with Gasteiger partial charge in [0.25, 0.3) is 11.8 Å². The van der Waals surface area contributed by atoms with Crippen molar-refractivity contribution in [2.45, 2.75) is 37.6 Å². The standard InChI is InChI=1S/C40H34ClN3O5/c1-23-12-14-26(15-13-23)42-44-37(47)32-21-31-28(18-19-30-34(31)38(48)43(36(30)46)22-24-8-4-2-5-9-24)35(29-17-16-27(45)20-33(29)41)40(32,39(44)49)25-10-6-3-7-11-25/h2-18,20,30-32,34-35,42,45H,19,21-22H2,1H3/t30-,31+,32-,34-,35+,40+/m0/s1. The van der Waals surface area contributed by atoms with Crippen LogP contribution in [0.25, 0.3) is 0 Å². The molecule has 2 aliphatic heterocycles. The number of benzene rings is 4. The Hall–Kier alpha value is -5.21. The first-order valence-electron chi connectivity index (χ1n) is 16.5. The summed E-state index contributed by atoms with van der Waals surface area (Å²) in [5.41, 5.74) is 6.18. The molecule has 0 bridgehead atoms. The first-order valence-corrected chi connectivity index (χ1v) is 16.9. The van der Waals surface area contributed by atoms with Gasteiger partial charge >= 0.3 is 0 Å². The lowest BCUT2D eigenvalue weighted by Gasteiger charge is -2.50. The minimum atomic E-state index is -1.43. The highest BCUT2D eigenvalue weighted by atomic mass is 35.5. The summed E-state index contributed by atoms with van der Waals surface area (Å²) in [6, 6.07) is 30.8. The number of halogens is 1. The van der Waals surface area contributed by atoms with Gasteiger partial charge in [-0.25, -0.2) is 0 Å². The fourth-order valence-corrected chi connectivity index (χ4v) is 9.11. The summed E-state index contributed by atoms with van der Waals surface area (Å²) in [5.74, 6) is -4.75. The van der Waals surface area contributed by atoms with Gasteiger partial charge in [-0.1, -0.05) is 108 Å². The quantitative estimate of drug-likeness (QED) is 0.178. The average Bonchev–Trinajstić information content (AvgIpc) is 3.47. The Kier molecular flexibility index (Phi) is 7.45. The molecule has 49 heavy (non-hydrogen) atoms. The number of anilines is 1. The molecule has 0 radical (unpaired) electrons. The van der Waals surface area contributed by atoms with E-state index in [1.807, 2.05) is 97.9 Å². The largest absolute Gasteiger partial charge is 0.508 e. The van der Waals surface area contributed by atoms with Gasteiger partial charge < -0.3 is 5.11 Å².